The number of aliphatic hydroxyl groups is 1. The van der Waals surface area contributed by atoms with Gasteiger partial charge >= 0.3 is 0 Å². The van der Waals surface area contributed by atoms with Gasteiger partial charge in [0.25, 0.3) is 5.79 Å². The Hall–Kier alpha value is -2.04. The SMILES string of the molecule is CN(C)C[C@H]1Oc2ccccc2O[C@@]1(O)c1ccccc1. The lowest BCUT2D eigenvalue weighted by atomic mass is 9.98. The van der Waals surface area contributed by atoms with E-state index in [0.717, 1.165) is 0 Å². The standard InChI is InChI=1S/C17H19NO3/c1-18(2)12-16-17(19,13-8-4-3-5-9-13)21-15-11-7-6-10-14(15)20-16/h3-11,16,19H,12H2,1-2H3/t16-,17+/m1/s1. The third-order valence-corrected chi connectivity index (χ3v) is 3.54. The fourth-order valence-electron chi connectivity index (χ4n) is 2.51. The highest BCUT2D eigenvalue weighted by molar-refractivity contribution is 5.43. The van der Waals surface area contributed by atoms with Crippen LogP contribution in [0.1, 0.15) is 5.56 Å². The maximum absolute atomic E-state index is 11.1. The largest absolute Gasteiger partial charge is 0.478 e. The lowest BCUT2D eigenvalue weighted by molar-refractivity contribution is -0.224. The van der Waals surface area contributed by atoms with Gasteiger partial charge in [0, 0.05) is 12.1 Å². The number of nitrogens with zero attached hydrogens (tertiary/aromatic N) is 1. The third-order valence-electron chi connectivity index (χ3n) is 3.54. The normalized spacial score (nSPS) is 24.1. The van der Waals surface area contributed by atoms with Gasteiger partial charge in [-0.1, -0.05) is 42.5 Å². The number of rotatable bonds is 3. The summed E-state index contributed by atoms with van der Waals surface area (Å²) < 4.78 is 11.9. The molecule has 4 heteroatoms. The Morgan fingerprint density at radius 1 is 1.00 bits per heavy atom. The van der Waals surface area contributed by atoms with Gasteiger partial charge in [-0.15, -0.1) is 0 Å². The van der Waals surface area contributed by atoms with Gasteiger partial charge in [0.05, 0.1) is 0 Å². The van der Waals surface area contributed by atoms with E-state index in [1.165, 1.54) is 0 Å². The zero-order chi connectivity index (χ0) is 14.9. The van der Waals surface area contributed by atoms with E-state index in [1.54, 1.807) is 6.07 Å². The van der Waals surface area contributed by atoms with Crippen molar-refractivity contribution >= 4 is 0 Å². The number of hydrogen-bond acceptors (Lipinski definition) is 4. The first kappa shape index (κ1) is 13.9. The molecule has 0 radical (unpaired) electrons. The number of para-hydroxylation sites is 2. The van der Waals surface area contributed by atoms with Crippen molar-refractivity contribution in [2.24, 2.45) is 0 Å². The van der Waals surface area contributed by atoms with Crippen LogP contribution >= 0.6 is 0 Å². The highest BCUT2D eigenvalue weighted by atomic mass is 16.7. The summed E-state index contributed by atoms with van der Waals surface area (Å²) in [6.45, 7) is 0.541. The molecule has 1 aliphatic rings. The van der Waals surface area contributed by atoms with Crippen LogP contribution in [0.4, 0.5) is 0 Å². The van der Waals surface area contributed by atoms with Gasteiger partial charge in [-0.3, -0.25) is 0 Å². The molecule has 0 aromatic heterocycles. The second kappa shape index (κ2) is 5.39. The number of hydrogen-bond donors (Lipinski definition) is 1. The first-order valence-electron chi connectivity index (χ1n) is 6.97. The average molecular weight is 285 g/mol. The molecule has 0 saturated carbocycles. The van der Waals surface area contributed by atoms with Crippen LogP contribution in [0.5, 0.6) is 11.5 Å². The van der Waals surface area contributed by atoms with Crippen molar-refractivity contribution in [1.29, 1.82) is 0 Å². The highest BCUT2D eigenvalue weighted by Gasteiger charge is 2.47. The molecular weight excluding hydrogens is 266 g/mol. The van der Waals surface area contributed by atoms with Crippen molar-refractivity contribution in [1.82, 2.24) is 4.90 Å². The van der Waals surface area contributed by atoms with E-state index in [-0.39, 0.29) is 0 Å². The molecule has 0 unspecified atom stereocenters. The number of likely N-dealkylation sites (N-methyl/N-ethyl adjacent to an activating group) is 1. The molecule has 0 fully saturated rings. The van der Waals surface area contributed by atoms with Gasteiger partial charge in [0.15, 0.2) is 17.6 Å². The molecule has 0 spiro atoms. The van der Waals surface area contributed by atoms with Gasteiger partial charge in [0.2, 0.25) is 0 Å². The van der Waals surface area contributed by atoms with Crippen LogP contribution in [0.3, 0.4) is 0 Å². The molecule has 21 heavy (non-hydrogen) atoms. The molecule has 0 bridgehead atoms. The Labute approximate surface area is 124 Å². The predicted molar refractivity (Wildman–Crippen MR) is 80.4 cm³/mol. The summed E-state index contributed by atoms with van der Waals surface area (Å²) in [6, 6.07) is 16.8. The maximum atomic E-state index is 11.1. The van der Waals surface area contributed by atoms with Crippen molar-refractivity contribution < 1.29 is 14.6 Å². The van der Waals surface area contributed by atoms with E-state index in [0.29, 0.717) is 23.6 Å². The van der Waals surface area contributed by atoms with Crippen LogP contribution in [0.15, 0.2) is 54.6 Å². The summed E-state index contributed by atoms with van der Waals surface area (Å²) in [5.41, 5.74) is 0.686. The van der Waals surface area contributed by atoms with E-state index in [9.17, 15) is 5.11 Å². The van der Waals surface area contributed by atoms with Gasteiger partial charge in [-0.05, 0) is 26.2 Å². The van der Waals surface area contributed by atoms with Gasteiger partial charge in [0.1, 0.15) is 0 Å². The molecule has 2 aromatic carbocycles. The van der Waals surface area contributed by atoms with E-state index < -0.39 is 11.9 Å². The Bertz CT molecular complexity index is 614. The third kappa shape index (κ3) is 2.60. The minimum atomic E-state index is -1.50. The summed E-state index contributed by atoms with van der Waals surface area (Å²) in [5, 5.41) is 11.1. The maximum Gasteiger partial charge on any atom is 0.273 e. The van der Waals surface area contributed by atoms with Crippen molar-refractivity contribution in [2.45, 2.75) is 11.9 Å². The molecule has 3 rings (SSSR count). The Morgan fingerprint density at radius 3 is 2.29 bits per heavy atom. The molecule has 1 aliphatic heterocycles. The Kier molecular flexibility index (Phi) is 3.57. The Morgan fingerprint density at radius 2 is 1.62 bits per heavy atom. The first-order valence-corrected chi connectivity index (χ1v) is 6.97. The molecule has 110 valence electrons. The van der Waals surface area contributed by atoms with E-state index >= 15 is 0 Å². The molecule has 2 atom stereocenters. The number of benzene rings is 2. The van der Waals surface area contributed by atoms with E-state index in [4.69, 9.17) is 9.47 Å². The lowest BCUT2D eigenvalue weighted by Gasteiger charge is -2.41. The van der Waals surface area contributed by atoms with Gasteiger partial charge in [-0.25, -0.2) is 0 Å². The summed E-state index contributed by atoms with van der Waals surface area (Å²) in [5.74, 6) is -0.288. The van der Waals surface area contributed by atoms with Gasteiger partial charge < -0.3 is 19.5 Å². The molecule has 1 heterocycles. The van der Waals surface area contributed by atoms with Crippen LogP contribution in [0.25, 0.3) is 0 Å². The summed E-state index contributed by atoms with van der Waals surface area (Å²) in [4.78, 5) is 1.97. The van der Waals surface area contributed by atoms with Crippen LogP contribution in [0, 0.1) is 0 Å². The van der Waals surface area contributed by atoms with Crippen molar-refractivity contribution in [3.63, 3.8) is 0 Å². The minimum absolute atomic E-state index is 0.509. The van der Waals surface area contributed by atoms with E-state index in [2.05, 4.69) is 0 Å². The van der Waals surface area contributed by atoms with Crippen LogP contribution in [0.2, 0.25) is 0 Å². The molecule has 0 saturated heterocycles. The molecule has 4 nitrogen and oxygen atoms in total. The topological polar surface area (TPSA) is 41.9 Å². The smallest absolute Gasteiger partial charge is 0.273 e. The first-order chi connectivity index (χ1) is 10.1. The van der Waals surface area contributed by atoms with Crippen LogP contribution in [-0.4, -0.2) is 36.8 Å². The van der Waals surface area contributed by atoms with Crippen molar-refractivity contribution in [2.75, 3.05) is 20.6 Å². The molecule has 1 N–H and O–H groups in total. The van der Waals surface area contributed by atoms with Gasteiger partial charge in [-0.2, -0.15) is 0 Å². The summed E-state index contributed by atoms with van der Waals surface area (Å²) in [7, 11) is 3.88. The fourth-order valence-corrected chi connectivity index (χ4v) is 2.51. The lowest BCUT2D eigenvalue weighted by Crippen LogP contribution is -2.54. The quantitative estimate of drug-likeness (QED) is 0.939. The fraction of sp³-hybridized carbons (Fsp3) is 0.294. The van der Waals surface area contributed by atoms with Crippen LogP contribution < -0.4 is 9.47 Å². The number of fused-ring (bicyclic) bond motifs is 1. The van der Waals surface area contributed by atoms with Crippen LogP contribution in [-0.2, 0) is 5.79 Å². The second-order valence-electron chi connectivity index (χ2n) is 5.48. The minimum Gasteiger partial charge on any atom is -0.478 e. The second-order valence-corrected chi connectivity index (χ2v) is 5.48. The monoisotopic (exact) mass is 285 g/mol. The Balaban J connectivity index is 2.03. The molecule has 0 aliphatic carbocycles. The van der Waals surface area contributed by atoms with Crippen molar-refractivity contribution in [3.8, 4) is 11.5 Å². The average Bonchev–Trinajstić information content (AvgIpc) is 2.48. The highest BCUT2D eigenvalue weighted by Crippen LogP contribution is 2.41. The summed E-state index contributed by atoms with van der Waals surface area (Å²) in [6.07, 6.45) is -0.509. The zero-order valence-corrected chi connectivity index (χ0v) is 12.2. The molecule has 2 aromatic rings. The zero-order valence-electron chi connectivity index (χ0n) is 12.2. The molecular formula is C17H19NO3. The number of ether oxygens (including phenoxy) is 2. The van der Waals surface area contributed by atoms with E-state index in [1.807, 2.05) is 67.5 Å². The summed E-state index contributed by atoms with van der Waals surface area (Å²) >= 11 is 0. The predicted octanol–water partition coefficient (Wildman–Crippen LogP) is 2.23. The molecule has 0 amide bonds. The van der Waals surface area contributed by atoms with Crippen molar-refractivity contribution in [3.05, 3.63) is 60.2 Å².